The minimum Gasteiger partial charge on any atom is -0.347 e. The standard InChI is InChI=1S/C14H15N3OS.2ClH/c1-9-13(19-8-17-9)14(18)16-5-10-2-3-11-6-15-7-12(11)4-10;;/h2-4,8,15H,5-7H2,1H3,(H,16,18);2*1H. The average molecular weight is 346 g/mol. The first kappa shape index (κ1) is 17.9. The summed E-state index contributed by atoms with van der Waals surface area (Å²) in [6, 6.07) is 6.37. The Balaban J connectivity index is 0.00000110. The number of carbonyl (C=O) groups is 1. The predicted octanol–water partition coefficient (Wildman–Crippen LogP) is 2.83. The Bertz CT molecular complexity index is 630. The zero-order chi connectivity index (χ0) is 13.2. The van der Waals surface area contributed by atoms with E-state index in [1.807, 2.05) is 6.92 Å². The van der Waals surface area contributed by atoms with Gasteiger partial charge in [0, 0.05) is 19.6 Å². The van der Waals surface area contributed by atoms with Crippen LogP contribution in [0.4, 0.5) is 0 Å². The highest BCUT2D eigenvalue weighted by Gasteiger charge is 2.13. The van der Waals surface area contributed by atoms with Crippen molar-refractivity contribution in [2.75, 3.05) is 0 Å². The topological polar surface area (TPSA) is 54.0 Å². The van der Waals surface area contributed by atoms with E-state index in [9.17, 15) is 4.79 Å². The van der Waals surface area contributed by atoms with Gasteiger partial charge in [-0.05, 0) is 23.6 Å². The van der Waals surface area contributed by atoms with Gasteiger partial charge in [0.15, 0.2) is 0 Å². The van der Waals surface area contributed by atoms with Crippen molar-refractivity contribution in [3.8, 4) is 0 Å². The Labute approximate surface area is 140 Å². The normalized spacial score (nSPS) is 12.0. The van der Waals surface area contributed by atoms with Crippen LogP contribution in [0.15, 0.2) is 23.7 Å². The van der Waals surface area contributed by atoms with E-state index >= 15 is 0 Å². The molecule has 114 valence electrons. The highest BCUT2D eigenvalue weighted by Crippen LogP contribution is 2.17. The minimum atomic E-state index is -0.0429. The lowest BCUT2D eigenvalue weighted by molar-refractivity contribution is 0.0954. The van der Waals surface area contributed by atoms with Crippen LogP contribution in [0.1, 0.15) is 32.1 Å². The number of amides is 1. The summed E-state index contributed by atoms with van der Waals surface area (Å²) in [6.07, 6.45) is 0. The fourth-order valence-corrected chi connectivity index (χ4v) is 2.96. The van der Waals surface area contributed by atoms with Gasteiger partial charge in [-0.1, -0.05) is 18.2 Å². The maximum absolute atomic E-state index is 12.0. The first-order valence-corrected chi connectivity index (χ1v) is 7.11. The third-order valence-electron chi connectivity index (χ3n) is 3.31. The minimum absolute atomic E-state index is 0. The highest BCUT2D eigenvalue weighted by molar-refractivity contribution is 7.11. The van der Waals surface area contributed by atoms with Crippen molar-refractivity contribution >= 4 is 42.1 Å². The Morgan fingerprint density at radius 1 is 1.33 bits per heavy atom. The van der Waals surface area contributed by atoms with Crippen LogP contribution in [0.25, 0.3) is 0 Å². The van der Waals surface area contributed by atoms with E-state index in [-0.39, 0.29) is 30.7 Å². The van der Waals surface area contributed by atoms with Gasteiger partial charge in [0.05, 0.1) is 11.2 Å². The molecule has 1 amide bonds. The van der Waals surface area contributed by atoms with E-state index in [4.69, 9.17) is 0 Å². The van der Waals surface area contributed by atoms with Crippen LogP contribution in [-0.4, -0.2) is 10.9 Å². The smallest absolute Gasteiger partial charge is 0.263 e. The molecule has 0 radical (unpaired) electrons. The number of aryl methyl sites for hydroxylation is 1. The molecule has 0 bridgehead atoms. The van der Waals surface area contributed by atoms with Crippen molar-refractivity contribution in [3.05, 3.63) is 51.0 Å². The average Bonchev–Trinajstić information content (AvgIpc) is 3.03. The number of benzene rings is 1. The molecule has 2 heterocycles. The van der Waals surface area contributed by atoms with Gasteiger partial charge in [-0.25, -0.2) is 4.98 Å². The van der Waals surface area contributed by atoms with Crippen LogP contribution in [-0.2, 0) is 19.6 Å². The Hall–Kier alpha value is -1.14. The molecule has 0 spiro atoms. The van der Waals surface area contributed by atoms with Crippen LogP contribution in [0.2, 0.25) is 0 Å². The van der Waals surface area contributed by atoms with E-state index in [2.05, 4.69) is 33.8 Å². The number of hydrogen-bond donors (Lipinski definition) is 2. The molecule has 3 rings (SSSR count). The maximum atomic E-state index is 12.0. The molecule has 21 heavy (non-hydrogen) atoms. The Morgan fingerprint density at radius 2 is 2.10 bits per heavy atom. The highest BCUT2D eigenvalue weighted by atomic mass is 35.5. The number of aromatic nitrogens is 1. The number of nitrogens with one attached hydrogen (secondary N) is 2. The van der Waals surface area contributed by atoms with Crippen LogP contribution < -0.4 is 10.6 Å². The van der Waals surface area contributed by atoms with Crippen LogP contribution in [0, 0.1) is 6.92 Å². The quantitative estimate of drug-likeness (QED) is 0.899. The summed E-state index contributed by atoms with van der Waals surface area (Å²) in [4.78, 5) is 16.8. The molecule has 7 heteroatoms. The molecule has 1 aliphatic rings. The van der Waals surface area contributed by atoms with Crippen molar-refractivity contribution in [1.82, 2.24) is 15.6 Å². The number of halogens is 2. The van der Waals surface area contributed by atoms with Crippen LogP contribution in [0.3, 0.4) is 0 Å². The van der Waals surface area contributed by atoms with Crippen LogP contribution in [0.5, 0.6) is 0 Å². The molecular weight excluding hydrogens is 329 g/mol. The van der Waals surface area contributed by atoms with Gasteiger partial charge in [0.25, 0.3) is 5.91 Å². The fraction of sp³-hybridized carbons (Fsp3) is 0.286. The molecule has 1 aromatic heterocycles. The van der Waals surface area contributed by atoms with Crippen LogP contribution >= 0.6 is 36.2 Å². The van der Waals surface area contributed by atoms with Crippen molar-refractivity contribution < 1.29 is 4.79 Å². The zero-order valence-electron chi connectivity index (χ0n) is 11.5. The molecule has 0 saturated heterocycles. The monoisotopic (exact) mass is 345 g/mol. The van der Waals surface area contributed by atoms with Crippen molar-refractivity contribution in [2.24, 2.45) is 0 Å². The number of fused-ring (bicyclic) bond motifs is 1. The van der Waals surface area contributed by atoms with E-state index in [0.717, 1.165) is 24.3 Å². The number of carbonyl (C=O) groups excluding carboxylic acids is 1. The van der Waals surface area contributed by atoms with Gasteiger partial charge in [0.2, 0.25) is 0 Å². The largest absolute Gasteiger partial charge is 0.347 e. The summed E-state index contributed by atoms with van der Waals surface area (Å²) < 4.78 is 0. The van der Waals surface area contributed by atoms with Crippen molar-refractivity contribution in [2.45, 2.75) is 26.6 Å². The molecule has 0 aliphatic carbocycles. The maximum Gasteiger partial charge on any atom is 0.263 e. The first-order chi connectivity index (χ1) is 9.24. The predicted molar refractivity (Wildman–Crippen MR) is 89.5 cm³/mol. The Morgan fingerprint density at radius 3 is 2.81 bits per heavy atom. The molecule has 0 fully saturated rings. The van der Waals surface area contributed by atoms with Gasteiger partial charge >= 0.3 is 0 Å². The summed E-state index contributed by atoms with van der Waals surface area (Å²) in [7, 11) is 0. The first-order valence-electron chi connectivity index (χ1n) is 6.24. The summed E-state index contributed by atoms with van der Waals surface area (Å²) >= 11 is 1.38. The van der Waals surface area contributed by atoms with Gasteiger partial charge in [-0.2, -0.15) is 0 Å². The summed E-state index contributed by atoms with van der Waals surface area (Å²) in [5, 5.41) is 6.26. The van der Waals surface area contributed by atoms with E-state index in [1.165, 1.54) is 22.5 Å². The summed E-state index contributed by atoms with van der Waals surface area (Å²) in [6.45, 7) is 4.28. The molecule has 2 N–H and O–H groups in total. The fourth-order valence-electron chi connectivity index (χ4n) is 2.24. The third kappa shape index (κ3) is 3.95. The van der Waals surface area contributed by atoms with Gasteiger partial charge in [-0.15, -0.1) is 36.2 Å². The lowest BCUT2D eigenvalue weighted by Gasteiger charge is -2.06. The Kier molecular flexibility index (Phi) is 6.61. The summed E-state index contributed by atoms with van der Waals surface area (Å²) in [5.41, 5.74) is 6.32. The lowest BCUT2D eigenvalue weighted by atomic mass is 10.1. The lowest BCUT2D eigenvalue weighted by Crippen LogP contribution is -2.22. The second-order valence-corrected chi connectivity index (χ2v) is 5.51. The van der Waals surface area contributed by atoms with Gasteiger partial charge in [0.1, 0.15) is 4.88 Å². The number of nitrogens with zero attached hydrogens (tertiary/aromatic N) is 1. The molecule has 0 atom stereocenters. The van der Waals surface area contributed by atoms with Gasteiger partial charge in [-0.3, -0.25) is 4.79 Å². The molecule has 1 aliphatic heterocycles. The molecule has 0 unspecified atom stereocenters. The van der Waals surface area contributed by atoms with Gasteiger partial charge < -0.3 is 10.6 Å². The number of hydrogen-bond acceptors (Lipinski definition) is 4. The molecular formula is C14H17Cl2N3OS. The SMILES string of the molecule is Cc1ncsc1C(=O)NCc1ccc2c(c1)CNC2.Cl.Cl. The number of rotatable bonds is 3. The summed E-state index contributed by atoms with van der Waals surface area (Å²) in [5.74, 6) is -0.0429. The van der Waals surface area contributed by atoms with E-state index in [0.29, 0.717) is 11.4 Å². The van der Waals surface area contributed by atoms with E-state index < -0.39 is 0 Å². The third-order valence-corrected chi connectivity index (χ3v) is 4.23. The molecule has 4 nitrogen and oxygen atoms in total. The molecule has 0 saturated carbocycles. The van der Waals surface area contributed by atoms with Crippen molar-refractivity contribution in [3.63, 3.8) is 0 Å². The zero-order valence-corrected chi connectivity index (χ0v) is 14.0. The number of thiazole rings is 1. The van der Waals surface area contributed by atoms with Crippen molar-refractivity contribution in [1.29, 1.82) is 0 Å². The second-order valence-electron chi connectivity index (χ2n) is 4.66. The second kappa shape index (κ2) is 7.75. The van der Waals surface area contributed by atoms with E-state index in [1.54, 1.807) is 5.51 Å². The molecule has 2 aromatic rings. The molecule has 1 aromatic carbocycles.